The molecule has 0 bridgehead atoms. The molecular formula is C9H12N4O3. The number of nitrogens with zero attached hydrogens (tertiary/aromatic N) is 2. The highest BCUT2D eigenvalue weighted by molar-refractivity contribution is 5.83. The second-order valence-corrected chi connectivity index (χ2v) is 3.14. The second-order valence-electron chi connectivity index (χ2n) is 3.14. The highest BCUT2D eigenvalue weighted by atomic mass is 16.6. The average Bonchev–Trinajstić information content (AvgIpc) is 2.28. The quantitative estimate of drug-likeness (QED) is 0.574. The van der Waals surface area contributed by atoms with Gasteiger partial charge in [0.25, 0.3) is 5.69 Å². The first-order valence-corrected chi connectivity index (χ1v) is 4.63. The number of rotatable bonds is 4. The van der Waals surface area contributed by atoms with Gasteiger partial charge in [0.05, 0.1) is 4.92 Å². The van der Waals surface area contributed by atoms with Gasteiger partial charge in [-0.2, -0.15) is 0 Å². The van der Waals surface area contributed by atoms with Gasteiger partial charge in [0, 0.05) is 13.1 Å². The summed E-state index contributed by atoms with van der Waals surface area (Å²) in [5.74, 6) is 0.238. The van der Waals surface area contributed by atoms with Crippen LogP contribution in [-0.2, 0) is 4.79 Å². The minimum Gasteiger partial charge on any atom is -0.359 e. The molecule has 1 amide bonds. The minimum atomic E-state index is -0.529. The van der Waals surface area contributed by atoms with E-state index in [0.29, 0.717) is 5.82 Å². The van der Waals surface area contributed by atoms with Gasteiger partial charge < -0.3 is 10.6 Å². The summed E-state index contributed by atoms with van der Waals surface area (Å²) in [7, 11) is 1.53. The molecule has 0 aliphatic heterocycles. The zero-order valence-corrected chi connectivity index (χ0v) is 8.93. The Bertz CT molecular complexity index is 390. The maximum atomic E-state index is 11.2. The third kappa shape index (κ3) is 2.91. The lowest BCUT2D eigenvalue weighted by atomic mass is 10.3. The molecule has 7 heteroatoms. The van der Waals surface area contributed by atoms with Crippen LogP contribution in [0.2, 0.25) is 0 Å². The molecule has 1 aromatic rings. The fourth-order valence-electron chi connectivity index (χ4n) is 1.08. The van der Waals surface area contributed by atoms with Crippen molar-refractivity contribution < 1.29 is 9.72 Å². The van der Waals surface area contributed by atoms with Crippen LogP contribution in [-0.4, -0.2) is 28.9 Å². The van der Waals surface area contributed by atoms with E-state index in [0.717, 1.165) is 6.20 Å². The summed E-state index contributed by atoms with van der Waals surface area (Å²) in [6, 6.07) is 2.34. The van der Waals surface area contributed by atoms with Crippen LogP contribution in [0.15, 0.2) is 18.3 Å². The van der Waals surface area contributed by atoms with Gasteiger partial charge in [-0.05, 0) is 13.0 Å². The number of nitrogens with one attached hydrogen (secondary N) is 2. The van der Waals surface area contributed by atoms with Gasteiger partial charge in [-0.3, -0.25) is 14.9 Å². The van der Waals surface area contributed by atoms with Crippen molar-refractivity contribution >= 4 is 17.4 Å². The number of aromatic nitrogens is 1. The molecule has 7 nitrogen and oxygen atoms in total. The summed E-state index contributed by atoms with van der Waals surface area (Å²) in [5, 5.41) is 15.7. The Labute approximate surface area is 92.0 Å². The van der Waals surface area contributed by atoms with Crippen LogP contribution in [0.4, 0.5) is 11.5 Å². The van der Waals surface area contributed by atoms with Crippen LogP contribution in [0.1, 0.15) is 6.92 Å². The van der Waals surface area contributed by atoms with Crippen molar-refractivity contribution in [2.24, 2.45) is 0 Å². The number of likely N-dealkylation sites (N-methyl/N-ethyl adjacent to an activating group) is 1. The predicted molar refractivity (Wildman–Crippen MR) is 58.0 cm³/mol. The molecule has 1 heterocycles. The van der Waals surface area contributed by atoms with Gasteiger partial charge in [0.2, 0.25) is 5.91 Å². The molecule has 1 atom stereocenters. The molecule has 1 rings (SSSR count). The molecule has 0 fully saturated rings. The van der Waals surface area contributed by atoms with Crippen LogP contribution in [0.25, 0.3) is 0 Å². The Morgan fingerprint density at radius 1 is 1.56 bits per heavy atom. The lowest BCUT2D eigenvalue weighted by Crippen LogP contribution is -2.35. The Kier molecular flexibility index (Phi) is 3.76. The van der Waals surface area contributed by atoms with Crippen molar-refractivity contribution in [1.82, 2.24) is 10.3 Å². The number of anilines is 1. The number of hydrogen-bond donors (Lipinski definition) is 2. The number of nitro groups is 1. The summed E-state index contributed by atoms with van der Waals surface area (Å²) in [5.41, 5.74) is -0.0850. The van der Waals surface area contributed by atoms with Crippen LogP contribution in [0.3, 0.4) is 0 Å². The maximum Gasteiger partial charge on any atom is 0.287 e. The Morgan fingerprint density at radius 3 is 2.69 bits per heavy atom. The first kappa shape index (κ1) is 11.9. The summed E-state index contributed by atoms with van der Waals surface area (Å²) in [4.78, 5) is 24.8. The van der Waals surface area contributed by atoms with Crippen molar-refractivity contribution in [3.05, 3.63) is 28.4 Å². The molecule has 0 aromatic carbocycles. The average molecular weight is 224 g/mol. The van der Waals surface area contributed by atoms with Crippen molar-refractivity contribution in [3.8, 4) is 0 Å². The molecule has 0 saturated heterocycles. The van der Waals surface area contributed by atoms with Crippen LogP contribution in [0.5, 0.6) is 0 Å². The first-order chi connectivity index (χ1) is 7.54. The third-order valence-electron chi connectivity index (χ3n) is 1.96. The highest BCUT2D eigenvalue weighted by Crippen LogP contribution is 2.12. The van der Waals surface area contributed by atoms with Crippen LogP contribution >= 0.6 is 0 Å². The van der Waals surface area contributed by atoms with Crippen LogP contribution in [0, 0.1) is 10.1 Å². The normalized spacial score (nSPS) is 11.6. The zero-order valence-electron chi connectivity index (χ0n) is 8.93. The Morgan fingerprint density at radius 2 is 2.25 bits per heavy atom. The first-order valence-electron chi connectivity index (χ1n) is 4.63. The number of amides is 1. The second kappa shape index (κ2) is 5.06. The third-order valence-corrected chi connectivity index (χ3v) is 1.96. The SMILES string of the molecule is CNC(=O)C(C)Nc1ccc([N+](=O)[O-])cn1. The fraction of sp³-hybridized carbons (Fsp3) is 0.333. The van der Waals surface area contributed by atoms with E-state index in [4.69, 9.17) is 0 Å². The standard InChI is InChI=1S/C9H12N4O3/c1-6(9(14)10-2)12-8-4-3-7(5-11-8)13(15)16/h3-6H,1-2H3,(H,10,14)(H,11,12). The van der Waals surface area contributed by atoms with Gasteiger partial charge in [-0.1, -0.05) is 0 Å². The maximum absolute atomic E-state index is 11.2. The van der Waals surface area contributed by atoms with Crippen molar-refractivity contribution in [1.29, 1.82) is 0 Å². The number of pyridine rings is 1. The molecule has 1 aromatic heterocycles. The monoisotopic (exact) mass is 224 g/mol. The molecule has 0 spiro atoms. The molecular weight excluding hydrogens is 212 g/mol. The van der Waals surface area contributed by atoms with Gasteiger partial charge in [-0.15, -0.1) is 0 Å². The van der Waals surface area contributed by atoms with Gasteiger partial charge in [0.15, 0.2) is 0 Å². The van der Waals surface area contributed by atoms with E-state index in [1.165, 1.54) is 19.2 Å². The number of carbonyl (C=O) groups excluding carboxylic acids is 1. The number of carbonyl (C=O) groups is 1. The van der Waals surface area contributed by atoms with Crippen molar-refractivity contribution in [3.63, 3.8) is 0 Å². The molecule has 86 valence electrons. The Hall–Kier alpha value is -2.18. The summed E-state index contributed by atoms with van der Waals surface area (Å²) in [6.45, 7) is 1.67. The zero-order chi connectivity index (χ0) is 12.1. The van der Waals surface area contributed by atoms with E-state index in [2.05, 4.69) is 15.6 Å². The minimum absolute atomic E-state index is 0.0850. The summed E-state index contributed by atoms with van der Waals surface area (Å²) >= 11 is 0. The summed E-state index contributed by atoms with van der Waals surface area (Å²) in [6.07, 6.45) is 1.14. The molecule has 0 aliphatic carbocycles. The lowest BCUT2D eigenvalue weighted by Gasteiger charge is -2.12. The predicted octanol–water partition coefficient (Wildman–Crippen LogP) is 0.536. The molecule has 0 aliphatic rings. The molecule has 16 heavy (non-hydrogen) atoms. The smallest absolute Gasteiger partial charge is 0.287 e. The Balaban J connectivity index is 2.68. The topological polar surface area (TPSA) is 97.2 Å². The van der Waals surface area contributed by atoms with Gasteiger partial charge >= 0.3 is 0 Å². The molecule has 0 radical (unpaired) electrons. The fourth-order valence-corrected chi connectivity index (χ4v) is 1.08. The van der Waals surface area contributed by atoms with Gasteiger partial charge in [0.1, 0.15) is 18.1 Å². The molecule has 0 saturated carbocycles. The van der Waals surface area contributed by atoms with Crippen molar-refractivity contribution in [2.45, 2.75) is 13.0 Å². The van der Waals surface area contributed by atoms with E-state index in [1.54, 1.807) is 6.92 Å². The van der Waals surface area contributed by atoms with Crippen LogP contribution < -0.4 is 10.6 Å². The molecule has 1 unspecified atom stereocenters. The number of hydrogen-bond acceptors (Lipinski definition) is 5. The van der Waals surface area contributed by atoms with E-state index in [1.807, 2.05) is 0 Å². The van der Waals surface area contributed by atoms with E-state index in [-0.39, 0.29) is 11.6 Å². The van der Waals surface area contributed by atoms with Crippen molar-refractivity contribution in [2.75, 3.05) is 12.4 Å². The van der Waals surface area contributed by atoms with E-state index >= 15 is 0 Å². The summed E-state index contributed by atoms with van der Waals surface area (Å²) < 4.78 is 0. The van der Waals surface area contributed by atoms with E-state index < -0.39 is 11.0 Å². The lowest BCUT2D eigenvalue weighted by molar-refractivity contribution is -0.385. The van der Waals surface area contributed by atoms with E-state index in [9.17, 15) is 14.9 Å². The largest absolute Gasteiger partial charge is 0.359 e. The molecule has 2 N–H and O–H groups in total. The highest BCUT2D eigenvalue weighted by Gasteiger charge is 2.11. The van der Waals surface area contributed by atoms with Gasteiger partial charge in [-0.25, -0.2) is 4.98 Å².